The molecular weight excluding hydrogens is 416 g/mol. The minimum absolute atomic E-state index is 0.112. The van der Waals surface area contributed by atoms with Gasteiger partial charge in [-0.15, -0.1) is 0 Å². The molecule has 4 nitrogen and oxygen atoms in total. The number of sulfone groups is 1. The maximum Gasteiger partial charge on any atom is 0.154 e. The summed E-state index contributed by atoms with van der Waals surface area (Å²) in [4.78, 5) is 4.83. The van der Waals surface area contributed by atoms with Gasteiger partial charge in [0.2, 0.25) is 0 Å². The van der Waals surface area contributed by atoms with Crippen LogP contribution >= 0.6 is 0 Å². The minimum atomic E-state index is -3.09. The Morgan fingerprint density at radius 1 is 0.625 bits per heavy atom. The maximum absolute atomic E-state index is 12.4. The van der Waals surface area contributed by atoms with Crippen LogP contribution in [0.3, 0.4) is 0 Å². The van der Waals surface area contributed by atoms with Crippen LogP contribution in [0, 0.1) is 0 Å². The second-order valence-corrected chi connectivity index (χ2v) is 10.1. The van der Waals surface area contributed by atoms with E-state index in [9.17, 15) is 8.42 Å². The van der Waals surface area contributed by atoms with Crippen molar-refractivity contribution >= 4 is 27.1 Å². The number of amidine groups is 1. The molecule has 3 aromatic rings. The summed E-state index contributed by atoms with van der Waals surface area (Å²) in [5.74, 6) is 1.14. The van der Waals surface area contributed by atoms with Gasteiger partial charge in [-0.1, -0.05) is 97.4 Å². The molecule has 0 unspecified atom stereocenters. The first-order valence-corrected chi connectivity index (χ1v) is 12.8. The molecule has 0 bridgehead atoms. The highest BCUT2D eigenvalue weighted by molar-refractivity contribution is 7.90. The van der Waals surface area contributed by atoms with Crippen molar-refractivity contribution in [3.63, 3.8) is 0 Å². The van der Waals surface area contributed by atoms with E-state index in [0.29, 0.717) is 6.42 Å². The average Bonchev–Trinajstić information content (AvgIpc) is 3.24. The number of unbranched alkanes of at least 4 members (excludes halogenated alkanes) is 2. The Morgan fingerprint density at radius 3 is 1.81 bits per heavy atom. The summed E-state index contributed by atoms with van der Waals surface area (Å²) in [6.45, 7) is 0. The Bertz CT molecular complexity index is 1190. The molecule has 0 fully saturated rings. The van der Waals surface area contributed by atoms with Crippen LogP contribution in [-0.2, 0) is 15.6 Å². The molecule has 0 atom stereocenters. The van der Waals surface area contributed by atoms with Gasteiger partial charge in [0, 0.05) is 17.5 Å². The Labute approximate surface area is 190 Å². The zero-order chi connectivity index (χ0) is 22.2. The molecule has 1 radical (unpaired) electrons. The molecule has 1 heterocycles. The van der Waals surface area contributed by atoms with Gasteiger partial charge in [-0.05, 0) is 18.4 Å². The third-order valence-electron chi connectivity index (χ3n) is 5.39. The van der Waals surface area contributed by atoms with E-state index in [4.69, 9.17) is 10.3 Å². The molecule has 0 spiro atoms. The predicted octanol–water partition coefficient (Wildman–Crippen LogP) is 5.70. The first-order valence-electron chi connectivity index (χ1n) is 11.0. The number of hydrogen-bond acceptors (Lipinski definition) is 3. The molecule has 0 aliphatic carbocycles. The molecule has 0 saturated heterocycles. The second kappa shape index (κ2) is 10.4. The van der Waals surface area contributed by atoms with Gasteiger partial charge in [0.05, 0.1) is 22.9 Å². The van der Waals surface area contributed by atoms with E-state index in [1.807, 2.05) is 66.7 Å². The van der Waals surface area contributed by atoms with Gasteiger partial charge >= 0.3 is 0 Å². The molecule has 0 N–H and O–H groups in total. The van der Waals surface area contributed by atoms with Crippen molar-refractivity contribution in [3.8, 4) is 0 Å². The van der Waals surface area contributed by atoms with Crippen LogP contribution in [0.25, 0.3) is 11.4 Å². The minimum Gasteiger partial charge on any atom is -0.231 e. The largest absolute Gasteiger partial charge is 0.231 e. The van der Waals surface area contributed by atoms with E-state index in [1.165, 1.54) is 0 Å². The topological polar surface area (TPSA) is 60.6 Å². The van der Waals surface area contributed by atoms with E-state index < -0.39 is 9.84 Å². The van der Waals surface area contributed by atoms with Gasteiger partial charge in [-0.3, -0.25) is 0 Å². The molecule has 0 amide bonds. The third kappa shape index (κ3) is 5.95. The fourth-order valence-corrected chi connectivity index (χ4v) is 5.27. The van der Waals surface area contributed by atoms with Gasteiger partial charge < -0.3 is 0 Å². The third-order valence-corrected chi connectivity index (χ3v) is 7.07. The summed E-state index contributed by atoms with van der Waals surface area (Å²) in [5.41, 5.74) is 4.75. The fourth-order valence-electron chi connectivity index (χ4n) is 3.78. The normalized spacial score (nSPS) is 13.7. The van der Waals surface area contributed by atoms with Gasteiger partial charge in [0.15, 0.2) is 9.84 Å². The molecule has 1 aliphatic heterocycles. The lowest BCUT2D eigenvalue weighted by Gasteiger charge is -2.06. The van der Waals surface area contributed by atoms with Crippen molar-refractivity contribution < 1.29 is 8.42 Å². The van der Waals surface area contributed by atoms with E-state index in [1.54, 1.807) is 0 Å². The highest BCUT2D eigenvalue weighted by Gasteiger charge is 2.21. The zero-order valence-electron chi connectivity index (χ0n) is 18.0. The molecule has 5 heteroatoms. The van der Waals surface area contributed by atoms with Crippen molar-refractivity contribution in [2.75, 3.05) is 5.75 Å². The Kier molecular flexibility index (Phi) is 7.17. The summed E-state index contributed by atoms with van der Waals surface area (Å²) < 4.78 is 24.7. The van der Waals surface area contributed by atoms with Crippen LogP contribution in [0.4, 0.5) is 0 Å². The standard InChI is InChI=1S/C27H27N2O2S/c30-32(31,21-22-13-5-1-6-14-22)20-12-4-11-19-25-28-26(23-15-7-2-8-16-23)27(29-25)24-17-9-3-10-18-24/h1-3,5-10,13-18H,4,11-12,19-21H2. The van der Waals surface area contributed by atoms with E-state index >= 15 is 0 Å². The molecule has 4 rings (SSSR count). The van der Waals surface area contributed by atoms with Crippen molar-refractivity contribution in [2.24, 2.45) is 4.99 Å². The van der Waals surface area contributed by atoms with E-state index in [-0.39, 0.29) is 11.5 Å². The summed E-state index contributed by atoms with van der Waals surface area (Å²) in [6, 6.07) is 29.6. The number of benzene rings is 3. The Morgan fingerprint density at radius 2 is 1.19 bits per heavy atom. The number of nitrogens with zero attached hydrogens (tertiary/aromatic N) is 2. The lowest BCUT2D eigenvalue weighted by molar-refractivity contribution is 0.589. The smallest absolute Gasteiger partial charge is 0.154 e. The predicted molar refractivity (Wildman–Crippen MR) is 132 cm³/mol. The zero-order valence-corrected chi connectivity index (χ0v) is 18.8. The van der Waals surface area contributed by atoms with Crippen LogP contribution < -0.4 is 5.32 Å². The first kappa shape index (κ1) is 22.0. The summed E-state index contributed by atoms with van der Waals surface area (Å²) >= 11 is 0. The molecule has 32 heavy (non-hydrogen) atoms. The van der Waals surface area contributed by atoms with Crippen molar-refractivity contribution in [1.29, 1.82) is 0 Å². The SMILES string of the molecule is O=S(=O)(CCCCCC1=NC(c2ccccc2)=C(c2ccccc2)[N]1)Cc1ccccc1. The fraction of sp³-hybridized carbons (Fsp3) is 0.222. The van der Waals surface area contributed by atoms with Crippen molar-refractivity contribution in [3.05, 3.63) is 108 Å². The lowest BCUT2D eigenvalue weighted by Crippen LogP contribution is -2.11. The molecule has 0 saturated carbocycles. The first-order chi connectivity index (χ1) is 15.6. The summed E-state index contributed by atoms with van der Waals surface area (Å²) in [5, 5.41) is 4.83. The quantitative estimate of drug-likeness (QED) is 0.377. The monoisotopic (exact) mass is 443 g/mol. The van der Waals surface area contributed by atoms with Gasteiger partial charge in [0.25, 0.3) is 0 Å². The van der Waals surface area contributed by atoms with Gasteiger partial charge in [-0.2, -0.15) is 0 Å². The summed E-state index contributed by atoms with van der Waals surface area (Å²) in [6.07, 6.45) is 3.11. The summed E-state index contributed by atoms with van der Waals surface area (Å²) in [7, 11) is -3.09. The van der Waals surface area contributed by atoms with Crippen LogP contribution in [0.15, 0.2) is 96.0 Å². The highest BCUT2D eigenvalue weighted by atomic mass is 32.2. The van der Waals surface area contributed by atoms with Crippen LogP contribution in [0.2, 0.25) is 0 Å². The van der Waals surface area contributed by atoms with E-state index in [0.717, 1.165) is 53.2 Å². The molecule has 1 aliphatic rings. The highest BCUT2D eigenvalue weighted by Crippen LogP contribution is 2.31. The van der Waals surface area contributed by atoms with Crippen molar-refractivity contribution in [1.82, 2.24) is 5.32 Å². The average molecular weight is 444 g/mol. The second-order valence-electron chi connectivity index (χ2n) is 7.96. The van der Waals surface area contributed by atoms with E-state index in [2.05, 4.69) is 24.3 Å². The molecular formula is C27H27N2O2S. The Balaban J connectivity index is 1.32. The lowest BCUT2D eigenvalue weighted by atomic mass is 10.1. The number of aliphatic imine (C=N–C) groups is 1. The maximum atomic E-state index is 12.4. The molecule has 3 aromatic carbocycles. The number of rotatable bonds is 10. The van der Waals surface area contributed by atoms with Crippen molar-refractivity contribution in [2.45, 2.75) is 31.4 Å². The molecule has 163 valence electrons. The van der Waals surface area contributed by atoms with Gasteiger partial charge in [-0.25, -0.2) is 18.7 Å². The van der Waals surface area contributed by atoms with Crippen LogP contribution in [-0.4, -0.2) is 20.0 Å². The number of hydrogen-bond donors (Lipinski definition) is 0. The Hall–Kier alpha value is -3.18. The molecule has 0 aromatic heterocycles. The van der Waals surface area contributed by atoms with Crippen LogP contribution in [0.5, 0.6) is 0 Å². The van der Waals surface area contributed by atoms with Crippen LogP contribution in [0.1, 0.15) is 42.4 Å². The van der Waals surface area contributed by atoms with Gasteiger partial charge in [0.1, 0.15) is 5.84 Å².